The van der Waals surface area contributed by atoms with Crippen molar-refractivity contribution in [2.45, 2.75) is 0 Å². The van der Waals surface area contributed by atoms with Crippen LogP contribution in [0.15, 0.2) is 49.6 Å². The highest BCUT2D eigenvalue weighted by atomic mass is 16.1. The molecule has 0 saturated heterocycles. The van der Waals surface area contributed by atoms with Crippen LogP contribution in [0, 0.1) is 0 Å². The van der Waals surface area contributed by atoms with Gasteiger partial charge in [-0.1, -0.05) is 37.4 Å². The summed E-state index contributed by atoms with van der Waals surface area (Å²) < 4.78 is 1.87. The molecule has 2 nitrogen and oxygen atoms in total. The first-order chi connectivity index (χ1) is 8.31. The van der Waals surface area contributed by atoms with Crippen molar-refractivity contribution in [3.63, 3.8) is 0 Å². The van der Waals surface area contributed by atoms with Crippen LogP contribution in [0.2, 0.25) is 0 Å². The van der Waals surface area contributed by atoms with Crippen molar-refractivity contribution < 1.29 is 4.79 Å². The molecule has 1 heterocycles. The lowest BCUT2D eigenvalue weighted by Crippen LogP contribution is -2.00. The van der Waals surface area contributed by atoms with Crippen LogP contribution in [0.3, 0.4) is 0 Å². The summed E-state index contributed by atoms with van der Waals surface area (Å²) in [6, 6.07) is 11.5. The van der Waals surface area contributed by atoms with Crippen molar-refractivity contribution in [3.8, 4) is 5.69 Å². The van der Waals surface area contributed by atoms with E-state index in [1.807, 2.05) is 41.0 Å². The van der Waals surface area contributed by atoms with Crippen LogP contribution in [0.5, 0.6) is 0 Å². The van der Waals surface area contributed by atoms with Gasteiger partial charge in [0, 0.05) is 11.3 Å². The molecule has 0 radical (unpaired) electrons. The van der Waals surface area contributed by atoms with Gasteiger partial charge in [-0.15, -0.1) is 0 Å². The highest BCUT2D eigenvalue weighted by Crippen LogP contribution is 2.22. The molecule has 2 heteroatoms. The van der Waals surface area contributed by atoms with Crippen molar-refractivity contribution in [1.82, 2.24) is 4.57 Å². The van der Waals surface area contributed by atoms with Gasteiger partial charge in [-0.25, -0.2) is 0 Å². The first-order valence-electron chi connectivity index (χ1n) is 5.33. The van der Waals surface area contributed by atoms with Crippen LogP contribution >= 0.6 is 0 Å². The number of aldehydes is 1. The maximum Gasteiger partial charge on any atom is 0.166 e. The maximum atomic E-state index is 11.1. The van der Waals surface area contributed by atoms with E-state index in [2.05, 4.69) is 13.2 Å². The Bertz CT molecular complexity index is 564. The first-order valence-corrected chi connectivity index (χ1v) is 5.33. The zero-order valence-corrected chi connectivity index (χ0v) is 9.47. The Morgan fingerprint density at radius 3 is 2.29 bits per heavy atom. The van der Waals surface area contributed by atoms with Crippen molar-refractivity contribution in [1.29, 1.82) is 0 Å². The number of nitrogens with zero attached hydrogens (tertiary/aromatic N) is 1. The number of rotatable bonds is 4. The summed E-state index contributed by atoms with van der Waals surface area (Å²) in [5, 5.41) is 0. The molecule has 0 unspecified atom stereocenters. The van der Waals surface area contributed by atoms with E-state index < -0.39 is 0 Å². The molecule has 0 aliphatic carbocycles. The van der Waals surface area contributed by atoms with Crippen molar-refractivity contribution >= 4 is 18.4 Å². The minimum absolute atomic E-state index is 0.598. The lowest BCUT2D eigenvalue weighted by Gasteiger charge is -2.08. The van der Waals surface area contributed by atoms with E-state index in [9.17, 15) is 4.79 Å². The standard InChI is InChI=1S/C15H13NO/c1-3-12-10-14(11-17)16(15(12)4-2)13-8-6-5-7-9-13/h3-11H,1-2H2. The Balaban J connectivity index is 2.75. The van der Waals surface area contributed by atoms with E-state index in [0.29, 0.717) is 5.69 Å². The zero-order valence-electron chi connectivity index (χ0n) is 9.47. The lowest BCUT2D eigenvalue weighted by atomic mass is 10.2. The van der Waals surface area contributed by atoms with Crippen LogP contribution in [-0.2, 0) is 0 Å². The molecule has 2 aromatic rings. The normalized spacial score (nSPS) is 9.88. The van der Waals surface area contributed by atoms with Crippen LogP contribution in [0.4, 0.5) is 0 Å². The third-order valence-electron chi connectivity index (χ3n) is 2.65. The second-order valence-electron chi connectivity index (χ2n) is 3.61. The zero-order chi connectivity index (χ0) is 12.3. The van der Waals surface area contributed by atoms with E-state index in [0.717, 1.165) is 23.2 Å². The molecule has 0 bridgehead atoms. The molecule has 0 fully saturated rings. The second-order valence-corrected chi connectivity index (χ2v) is 3.61. The number of benzene rings is 1. The molecule has 0 saturated carbocycles. The SMILES string of the molecule is C=Cc1cc(C=O)n(-c2ccccc2)c1C=C. The minimum Gasteiger partial charge on any atom is -0.307 e. The second kappa shape index (κ2) is 4.66. The van der Waals surface area contributed by atoms with Gasteiger partial charge in [0.2, 0.25) is 0 Å². The number of hydrogen-bond donors (Lipinski definition) is 0. The fourth-order valence-electron chi connectivity index (χ4n) is 1.89. The Morgan fingerprint density at radius 2 is 1.76 bits per heavy atom. The number of carbonyl (C=O) groups excluding carboxylic acids is 1. The Kier molecular flexibility index (Phi) is 3.06. The molecule has 0 amide bonds. The van der Waals surface area contributed by atoms with Gasteiger partial charge in [0.1, 0.15) is 0 Å². The largest absolute Gasteiger partial charge is 0.307 e. The molecule has 0 N–H and O–H groups in total. The minimum atomic E-state index is 0.598. The summed E-state index contributed by atoms with van der Waals surface area (Å²) in [7, 11) is 0. The Morgan fingerprint density at radius 1 is 1.06 bits per heavy atom. The predicted octanol–water partition coefficient (Wildman–Crippen LogP) is 3.58. The van der Waals surface area contributed by atoms with Gasteiger partial charge in [0.15, 0.2) is 6.29 Å². The van der Waals surface area contributed by atoms with E-state index in [4.69, 9.17) is 0 Å². The highest BCUT2D eigenvalue weighted by Gasteiger charge is 2.11. The van der Waals surface area contributed by atoms with Gasteiger partial charge < -0.3 is 4.57 Å². The van der Waals surface area contributed by atoms with Gasteiger partial charge in [-0.05, 0) is 24.3 Å². The summed E-state index contributed by atoms with van der Waals surface area (Å²) in [6.45, 7) is 7.53. The van der Waals surface area contributed by atoms with E-state index in [1.165, 1.54) is 0 Å². The maximum absolute atomic E-state index is 11.1. The third-order valence-corrected chi connectivity index (χ3v) is 2.65. The van der Waals surface area contributed by atoms with E-state index in [1.54, 1.807) is 12.2 Å². The summed E-state index contributed by atoms with van der Waals surface area (Å²) in [6.07, 6.45) is 4.30. The predicted molar refractivity (Wildman–Crippen MR) is 71.3 cm³/mol. The fraction of sp³-hybridized carbons (Fsp3) is 0. The Labute approximate surface area is 101 Å². The molecule has 17 heavy (non-hydrogen) atoms. The third kappa shape index (κ3) is 1.85. The van der Waals surface area contributed by atoms with Crippen LogP contribution in [0.25, 0.3) is 17.8 Å². The average Bonchev–Trinajstić information content (AvgIpc) is 2.77. The fourth-order valence-corrected chi connectivity index (χ4v) is 1.89. The van der Waals surface area contributed by atoms with Crippen LogP contribution < -0.4 is 0 Å². The Hall–Kier alpha value is -2.35. The number of aromatic nitrogens is 1. The molecule has 2 rings (SSSR count). The molecule has 1 aromatic carbocycles. The van der Waals surface area contributed by atoms with Gasteiger partial charge >= 0.3 is 0 Å². The van der Waals surface area contributed by atoms with Gasteiger partial charge in [0.25, 0.3) is 0 Å². The van der Waals surface area contributed by atoms with Crippen molar-refractivity contribution in [3.05, 3.63) is 66.5 Å². The summed E-state index contributed by atoms with van der Waals surface area (Å²) >= 11 is 0. The molecule has 0 spiro atoms. The number of para-hydroxylation sites is 1. The van der Waals surface area contributed by atoms with Crippen molar-refractivity contribution in [2.75, 3.05) is 0 Å². The van der Waals surface area contributed by atoms with Crippen molar-refractivity contribution in [2.24, 2.45) is 0 Å². The smallest absolute Gasteiger partial charge is 0.166 e. The molecule has 0 atom stereocenters. The summed E-state index contributed by atoms with van der Waals surface area (Å²) in [5.74, 6) is 0. The van der Waals surface area contributed by atoms with Gasteiger partial charge in [-0.3, -0.25) is 4.79 Å². The van der Waals surface area contributed by atoms with Crippen LogP contribution in [-0.4, -0.2) is 10.9 Å². The quantitative estimate of drug-likeness (QED) is 0.726. The molecular formula is C15H13NO. The van der Waals surface area contributed by atoms with E-state index >= 15 is 0 Å². The highest BCUT2D eigenvalue weighted by molar-refractivity contribution is 5.79. The monoisotopic (exact) mass is 223 g/mol. The summed E-state index contributed by atoms with van der Waals surface area (Å²) in [5.41, 5.74) is 3.33. The molecule has 0 aliphatic rings. The lowest BCUT2D eigenvalue weighted by molar-refractivity contribution is 0.111. The molecular weight excluding hydrogens is 210 g/mol. The molecule has 1 aromatic heterocycles. The van der Waals surface area contributed by atoms with E-state index in [-0.39, 0.29) is 0 Å². The number of hydrogen-bond acceptors (Lipinski definition) is 1. The first kappa shape index (κ1) is 11.1. The number of carbonyl (C=O) groups is 1. The van der Waals surface area contributed by atoms with Crippen LogP contribution in [0.1, 0.15) is 21.7 Å². The molecule has 84 valence electrons. The average molecular weight is 223 g/mol. The van der Waals surface area contributed by atoms with Gasteiger partial charge in [0.05, 0.1) is 11.4 Å². The molecule has 0 aliphatic heterocycles. The topological polar surface area (TPSA) is 22.0 Å². The summed E-state index contributed by atoms with van der Waals surface area (Å²) in [4.78, 5) is 11.1. The van der Waals surface area contributed by atoms with Gasteiger partial charge in [-0.2, -0.15) is 0 Å².